The number of aryl methyl sites for hydroxylation is 2. The highest BCUT2D eigenvalue weighted by Gasteiger charge is 2.50. The lowest BCUT2D eigenvalue weighted by molar-refractivity contribution is 0.103. The topological polar surface area (TPSA) is 69.7 Å². The maximum absolute atomic E-state index is 15.1. The molecule has 2 aromatic rings. The van der Waals surface area contributed by atoms with Crippen molar-refractivity contribution in [2.24, 2.45) is 0 Å². The van der Waals surface area contributed by atoms with Crippen molar-refractivity contribution >= 4 is 18.2 Å². The molecule has 0 N–H and O–H groups in total. The first-order chi connectivity index (χ1) is 17.0. The van der Waals surface area contributed by atoms with Gasteiger partial charge in [0, 0.05) is 11.2 Å². The number of rotatable bonds is 9. The summed E-state index contributed by atoms with van der Waals surface area (Å²) in [7, 11) is -4.07. The van der Waals surface area contributed by atoms with Crippen LogP contribution in [0.3, 0.4) is 0 Å². The molecule has 6 heteroatoms. The average Bonchev–Trinajstić information content (AvgIpc) is 2.83. The number of benzene rings is 2. The number of hydrogen-bond acceptors (Lipinski definition) is 5. The van der Waals surface area contributed by atoms with Gasteiger partial charge in [-0.15, -0.1) is 0 Å². The summed E-state index contributed by atoms with van der Waals surface area (Å²) in [5.74, 6) is 0.627. The molecule has 1 atom stereocenters. The Kier molecular flexibility index (Phi) is 8.88. The fourth-order valence-electron chi connectivity index (χ4n) is 5.21. The van der Waals surface area contributed by atoms with E-state index in [0.717, 1.165) is 36.0 Å². The summed E-state index contributed by atoms with van der Waals surface area (Å²) in [6.07, 6.45) is 3.96. The molecule has 3 rings (SSSR count). The Balaban J connectivity index is 2.24. The van der Waals surface area contributed by atoms with E-state index in [9.17, 15) is 9.59 Å². The van der Waals surface area contributed by atoms with E-state index in [4.69, 9.17) is 9.47 Å². The normalized spacial score (nSPS) is 16.3. The third kappa shape index (κ3) is 5.47. The predicted octanol–water partition coefficient (Wildman–Crippen LogP) is 8.07. The van der Waals surface area contributed by atoms with Gasteiger partial charge >= 0.3 is 0 Å². The fourth-order valence-corrected chi connectivity index (χ4v) is 8.39. The van der Waals surface area contributed by atoms with Crippen molar-refractivity contribution in [3.8, 4) is 11.5 Å². The van der Waals surface area contributed by atoms with Crippen LogP contribution in [-0.4, -0.2) is 29.9 Å². The molecule has 196 valence electrons. The Hall–Kier alpha value is -2.39. The second-order valence-corrected chi connectivity index (χ2v) is 13.6. The van der Waals surface area contributed by atoms with Gasteiger partial charge in [-0.05, 0) is 74.8 Å². The average molecular weight is 513 g/mol. The van der Waals surface area contributed by atoms with Gasteiger partial charge in [0.15, 0.2) is 0 Å². The summed E-state index contributed by atoms with van der Waals surface area (Å²) in [5, 5.41) is 0. The highest BCUT2D eigenvalue weighted by molar-refractivity contribution is 7.96. The Morgan fingerprint density at radius 3 is 1.78 bits per heavy atom. The Morgan fingerprint density at radius 2 is 1.33 bits per heavy atom. The third-order valence-electron chi connectivity index (χ3n) is 7.11. The zero-order chi connectivity index (χ0) is 26.7. The van der Waals surface area contributed by atoms with Crippen molar-refractivity contribution in [2.45, 2.75) is 91.6 Å². The standard InChI is InChI=1S/C30H41O5P/c1-8-34-24-16-13-17-25(35-9-2)27(24)29(32)36(33,23-14-11-10-12-15-23)28(31)26-20(3)18-22(19-21(26)4)30(5,6)7/h13,16-19,23H,8-12,14-15H2,1-7H3. The van der Waals surface area contributed by atoms with Crippen molar-refractivity contribution in [3.63, 3.8) is 0 Å². The van der Waals surface area contributed by atoms with E-state index in [1.165, 1.54) is 0 Å². The van der Waals surface area contributed by atoms with E-state index >= 15 is 4.57 Å². The van der Waals surface area contributed by atoms with Crippen LogP contribution in [0, 0.1) is 13.8 Å². The molecule has 0 amide bonds. The number of carbonyl (C=O) groups is 2. The number of carbonyl (C=O) groups excluding carboxylic acids is 2. The van der Waals surface area contributed by atoms with Gasteiger partial charge < -0.3 is 14.0 Å². The van der Waals surface area contributed by atoms with Gasteiger partial charge in [-0.1, -0.05) is 58.2 Å². The largest absolute Gasteiger partial charge is 0.493 e. The van der Waals surface area contributed by atoms with Crippen molar-refractivity contribution < 1.29 is 23.6 Å². The van der Waals surface area contributed by atoms with Crippen LogP contribution in [0.2, 0.25) is 0 Å². The SMILES string of the molecule is CCOc1cccc(OCC)c1C(=O)P(=O)(C(=O)c1c(C)cc(C(C)(C)C)cc1C)C1CCCCC1. The molecule has 5 nitrogen and oxygen atoms in total. The minimum atomic E-state index is -4.07. The Morgan fingerprint density at radius 1 is 0.861 bits per heavy atom. The molecule has 0 aromatic heterocycles. The van der Waals surface area contributed by atoms with Gasteiger partial charge in [0.05, 0.1) is 13.2 Å². The van der Waals surface area contributed by atoms with E-state index in [1.807, 2.05) is 39.8 Å². The molecule has 36 heavy (non-hydrogen) atoms. The first kappa shape index (κ1) is 28.2. The van der Waals surface area contributed by atoms with E-state index in [0.29, 0.717) is 43.1 Å². The Labute approximate surface area is 216 Å². The lowest BCUT2D eigenvalue weighted by Gasteiger charge is -2.30. The van der Waals surface area contributed by atoms with E-state index in [-0.39, 0.29) is 11.0 Å². The molecule has 1 aliphatic rings. The highest BCUT2D eigenvalue weighted by Crippen LogP contribution is 2.62. The van der Waals surface area contributed by atoms with Crippen LogP contribution >= 0.6 is 7.14 Å². The smallest absolute Gasteiger partial charge is 0.236 e. The maximum atomic E-state index is 15.1. The van der Waals surface area contributed by atoms with Crippen LogP contribution in [0.25, 0.3) is 0 Å². The second kappa shape index (κ2) is 11.3. The summed E-state index contributed by atoms with van der Waals surface area (Å²) >= 11 is 0. The lowest BCUT2D eigenvalue weighted by Crippen LogP contribution is -2.26. The molecular formula is C30H41O5P. The zero-order valence-corrected chi connectivity index (χ0v) is 23.8. The predicted molar refractivity (Wildman–Crippen MR) is 147 cm³/mol. The van der Waals surface area contributed by atoms with Gasteiger partial charge in [-0.25, -0.2) is 0 Å². The number of hydrogen-bond donors (Lipinski definition) is 0. The summed E-state index contributed by atoms with van der Waals surface area (Å²) in [5.41, 5.74) is 1.44. The van der Waals surface area contributed by atoms with Crippen molar-refractivity contribution in [1.82, 2.24) is 0 Å². The van der Waals surface area contributed by atoms with Gasteiger partial charge in [-0.3, -0.25) is 9.59 Å². The Bertz CT molecular complexity index is 1120. The quantitative estimate of drug-likeness (QED) is 0.318. The van der Waals surface area contributed by atoms with Crippen molar-refractivity contribution in [3.05, 3.63) is 58.1 Å². The van der Waals surface area contributed by atoms with Gasteiger partial charge in [0.1, 0.15) is 17.1 Å². The molecule has 0 bridgehead atoms. The first-order valence-corrected chi connectivity index (χ1v) is 14.9. The molecule has 1 fully saturated rings. The third-order valence-corrected chi connectivity index (χ3v) is 10.3. The minimum Gasteiger partial charge on any atom is -0.493 e. The summed E-state index contributed by atoms with van der Waals surface area (Å²) in [6.45, 7) is 14.5. The molecule has 1 unspecified atom stereocenters. The minimum absolute atomic E-state index is 0.0944. The van der Waals surface area contributed by atoms with Crippen LogP contribution in [0.5, 0.6) is 11.5 Å². The van der Waals surface area contributed by atoms with Gasteiger partial charge in [0.25, 0.3) is 0 Å². The summed E-state index contributed by atoms with van der Waals surface area (Å²) in [4.78, 5) is 28.7. The molecule has 1 saturated carbocycles. The summed E-state index contributed by atoms with van der Waals surface area (Å²) < 4.78 is 26.6. The first-order valence-electron chi connectivity index (χ1n) is 13.2. The van der Waals surface area contributed by atoms with E-state index in [2.05, 4.69) is 20.8 Å². The van der Waals surface area contributed by atoms with Crippen LogP contribution in [0.1, 0.15) is 104 Å². The fraction of sp³-hybridized carbons (Fsp3) is 0.533. The number of ether oxygens (including phenoxy) is 2. The second-order valence-electron chi connectivity index (χ2n) is 10.8. The lowest BCUT2D eigenvalue weighted by atomic mass is 9.84. The maximum Gasteiger partial charge on any atom is 0.236 e. The van der Waals surface area contributed by atoms with Crippen LogP contribution in [0.15, 0.2) is 30.3 Å². The summed E-state index contributed by atoms with van der Waals surface area (Å²) in [6, 6.07) is 9.11. The van der Waals surface area contributed by atoms with Gasteiger partial charge in [0.2, 0.25) is 18.2 Å². The van der Waals surface area contributed by atoms with Crippen molar-refractivity contribution in [1.29, 1.82) is 0 Å². The van der Waals surface area contributed by atoms with E-state index in [1.54, 1.807) is 18.2 Å². The van der Waals surface area contributed by atoms with Crippen LogP contribution in [-0.2, 0) is 9.98 Å². The van der Waals surface area contributed by atoms with Crippen LogP contribution < -0.4 is 9.47 Å². The molecule has 0 heterocycles. The highest BCUT2D eigenvalue weighted by atomic mass is 31.2. The monoisotopic (exact) mass is 512 g/mol. The van der Waals surface area contributed by atoms with Crippen LogP contribution in [0.4, 0.5) is 0 Å². The molecule has 2 aromatic carbocycles. The zero-order valence-electron chi connectivity index (χ0n) is 22.9. The molecule has 0 aliphatic heterocycles. The molecule has 0 saturated heterocycles. The molecule has 1 aliphatic carbocycles. The van der Waals surface area contributed by atoms with Crippen molar-refractivity contribution in [2.75, 3.05) is 13.2 Å². The van der Waals surface area contributed by atoms with E-state index < -0.39 is 23.8 Å². The van der Waals surface area contributed by atoms with Gasteiger partial charge in [-0.2, -0.15) is 0 Å². The molecule has 0 spiro atoms. The molecular weight excluding hydrogens is 471 g/mol. The molecule has 0 radical (unpaired) electrons.